The van der Waals surface area contributed by atoms with Gasteiger partial charge in [0.05, 0.1) is 18.8 Å². The third-order valence-corrected chi connectivity index (χ3v) is 2.91. The highest BCUT2D eigenvalue weighted by atomic mass is 16.8. The molecular formula is C12H12O4. The van der Waals surface area contributed by atoms with Crippen LogP contribution in [-0.2, 0) is 14.2 Å². The maximum absolute atomic E-state index is 11.8. The predicted molar refractivity (Wildman–Crippen MR) is 54.9 cm³/mol. The Bertz CT molecular complexity index is 403. The molecule has 0 saturated carbocycles. The van der Waals surface area contributed by atoms with Crippen LogP contribution in [0, 0.1) is 0 Å². The molecule has 1 aromatic carbocycles. The minimum Gasteiger partial charge on any atom is -0.426 e. The van der Waals surface area contributed by atoms with Gasteiger partial charge in [-0.15, -0.1) is 0 Å². The van der Waals surface area contributed by atoms with E-state index < -0.39 is 5.79 Å². The average molecular weight is 220 g/mol. The van der Waals surface area contributed by atoms with Gasteiger partial charge in [0.25, 0.3) is 0 Å². The number of ether oxygens (including phenoxy) is 3. The van der Waals surface area contributed by atoms with Gasteiger partial charge < -0.3 is 14.2 Å². The van der Waals surface area contributed by atoms with E-state index in [4.69, 9.17) is 14.2 Å². The summed E-state index contributed by atoms with van der Waals surface area (Å²) in [4.78, 5) is 11.8. The van der Waals surface area contributed by atoms with Crippen LogP contribution in [0.25, 0.3) is 0 Å². The summed E-state index contributed by atoms with van der Waals surface area (Å²) in [6.07, 6.45) is 0.546. The summed E-state index contributed by atoms with van der Waals surface area (Å²) in [6, 6.07) is 8.94. The predicted octanol–water partition coefficient (Wildman–Crippen LogP) is 1.36. The third kappa shape index (κ3) is 1.60. The lowest BCUT2D eigenvalue weighted by molar-refractivity contribution is -0.0414. The van der Waals surface area contributed by atoms with Crippen LogP contribution >= 0.6 is 0 Å². The van der Waals surface area contributed by atoms with Gasteiger partial charge in [0.1, 0.15) is 0 Å². The van der Waals surface area contributed by atoms with Gasteiger partial charge in [-0.05, 0) is 12.1 Å². The van der Waals surface area contributed by atoms with Crippen LogP contribution in [0.4, 0.5) is 0 Å². The number of epoxide rings is 1. The average Bonchev–Trinajstić information content (AvgIpc) is 3.04. The second kappa shape index (κ2) is 3.57. The number of hydrogen-bond donors (Lipinski definition) is 0. The molecule has 0 bridgehead atoms. The summed E-state index contributed by atoms with van der Waals surface area (Å²) in [5.41, 5.74) is 0.553. The highest BCUT2D eigenvalue weighted by Crippen LogP contribution is 2.44. The van der Waals surface area contributed by atoms with Crippen molar-refractivity contribution in [2.45, 2.75) is 18.3 Å². The maximum atomic E-state index is 11.8. The number of rotatable bonds is 2. The molecule has 4 nitrogen and oxygen atoms in total. The van der Waals surface area contributed by atoms with Gasteiger partial charge >= 0.3 is 5.97 Å². The van der Waals surface area contributed by atoms with E-state index in [0.29, 0.717) is 25.2 Å². The molecule has 0 aromatic heterocycles. The quantitative estimate of drug-likeness (QED) is 0.557. The highest BCUT2D eigenvalue weighted by Gasteiger charge is 2.62. The molecule has 2 aliphatic heterocycles. The van der Waals surface area contributed by atoms with Crippen LogP contribution in [0.15, 0.2) is 30.3 Å². The SMILES string of the molecule is O=C(OC12CCOCC1O2)c1ccccc1. The molecule has 3 rings (SSSR count). The first-order valence-corrected chi connectivity index (χ1v) is 5.34. The van der Waals surface area contributed by atoms with Gasteiger partial charge in [0.2, 0.25) is 5.79 Å². The number of carbonyl (C=O) groups is 1. The monoisotopic (exact) mass is 220 g/mol. The van der Waals surface area contributed by atoms with Crippen LogP contribution < -0.4 is 0 Å². The van der Waals surface area contributed by atoms with Gasteiger partial charge in [-0.3, -0.25) is 0 Å². The number of esters is 1. The maximum Gasteiger partial charge on any atom is 0.340 e. The van der Waals surface area contributed by atoms with Gasteiger partial charge in [-0.1, -0.05) is 18.2 Å². The molecule has 2 heterocycles. The molecule has 2 fully saturated rings. The van der Waals surface area contributed by atoms with E-state index in [9.17, 15) is 4.79 Å². The molecular weight excluding hydrogens is 208 g/mol. The van der Waals surface area contributed by atoms with Crippen molar-refractivity contribution in [3.63, 3.8) is 0 Å². The lowest BCUT2D eigenvalue weighted by atomic mass is 10.1. The number of hydrogen-bond acceptors (Lipinski definition) is 4. The molecule has 16 heavy (non-hydrogen) atoms. The first kappa shape index (κ1) is 9.81. The van der Waals surface area contributed by atoms with E-state index in [-0.39, 0.29) is 12.1 Å². The van der Waals surface area contributed by atoms with Crippen LogP contribution in [0.5, 0.6) is 0 Å². The molecule has 2 aliphatic rings. The molecule has 2 unspecified atom stereocenters. The summed E-state index contributed by atoms with van der Waals surface area (Å²) in [5, 5.41) is 0. The van der Waals surface area contributed by atoms with E-state index in [1.54, 1.807) is 12.1 Å². The van der Waals surface area contributed by atoms with Gasteiger partial charge in [-0.2, -0.15) is 0 Å². The zero-order chi connectivity index (χ0) is 11.0. The zero-order valence-corrected chi connectivity index (χ0v) is 8.72. The first-order valence-electron chi connectivity index (χ1n) is 5.34. The first-order chi connectivity index (χ1) is 7.80. The molecule has 0 radical (unpaired) electrons. The summed E-state index contributed by atoms with van der Waals surface area (Å²) < 4.78 is 16.0. The topological polar surface area (TPSA) is 48.1 Å². The van der Waals surface area contributed by atoms with Crippen molar-refractivity contribution in [2.75, 3.05) is 13.2 Å². The van der Waals surface area contributed by atoms with Crippen LogP contribution in [-0.4, -0.2) is 31.1 Å². The molecule has 1 aromatic rings. The second-order valence-corrected chi connectivity index (χ2v) is 4.00. The fourth-order valence-corrected chi connectivity index (χ4v) is 1.92. The van der Waals surface area contributed by atoms with Crippen LogP contribution in [0.3, 0.4) is 0 Å². The van der Waals surface area contributed by atoms with E-state index in [2.05, 4.69) is 0 Å². The number of fused-ring (bicyclic) bond motifs is 1. The Balaban J connectivity index is 1.70. The van der Waals surface area contributed by atoms with Gasteiger partial charge in [-0.25, -0.2) is 4.79 Å². The molecule has 2 saturated heterocycles. The van der Waals surface area contributed by atoms with Crippen molar-refractivity contribution in [1.29, 1.82) is 0 Å². The van der Waals surface area contributed by atoms with Crippen molar-refractivity contribution in [3.05, 3.63) is 35.9 Å². The van der Waals surface area contributed by atoms with Crippen LogP contribution in [0.1, 0.15) is 16.8 Å². The lowest BCUT2D eigenvalue weighted by Crippen LogP contribution is -2.31. The number of carbonyl (C=O) groups excluding carboxylic acids is 1. The standard InChI is InChI=1S/C12H12O4/c13-11(9-4-2-1-3-5-9)16-12-6-7-14-8-10(12)15-12/h1-5,10H,6-8H2. The van der Waals surface area contributed by atoms with Crippen molar-refractivity contribution in [3.8, 4) is 0 Å². The molecule has 84 valence electrons. The highest BCUT2D eigenvalue weighted by molar-refractivity contribution is 5.89. The number of benzene rings is 1. The van der Waals surface area contributed by atoms with Gasteiger partial charge in [0.15, 0.2) is 6.10 Å². The van der Waals surface area contributed by atoms with E-state index in [1.165, 1.54) is 0 Å². The Morgan fingerprint density at radius 3 is 2.94 bits per heavy atom. The lowest BCUT2D eigenvalue weighted by Gasteiger charge is -2.17. The fourth-order valence-electron chi connectivity index (χ4n) is 1.92. The Morgan fingerprint density at radius 2 is 2.19 bits per heavy atom. The second-order valence-electron chi connectivity index (χ2n) is 4.00. The Labute approximate surface area is 93.1 Å². The third-order valence-electron chi connectivity index (χ3n) is 2.91. The molecule has 0 spiro atoms. The normalized spacial score (nSPS) is 31.6. The molecule has 0 aliphatic carbocycles. The Kier molecular flexibility index (Phi) is 2.19. The van der Waals surface area contributed by atoms with Crippen LogP contribution in [0.2, 0.25) is 0 Å². The van der Waals surface area contributed by atoms with Gasteiger partial charge in [0, 0.05) is 6.42 Å². The molecule has 0 amide bonds. The van der Waals surface area contributed by atoms with Crippen molar-refractivity contribution < 1.29 is 19.0 Å². The van der Waals surface area contributed by atoms with E-state index in [0.717, 1.165) is 0 Å². The summed E-state index contributed by atoms with van der Waals surface area (Å²) >= 11 is 0. The minimum absolute atomic E-state index is 0.0751. The zero-order valence-electron chi connectivity index (χ0n) is 8.72. The molecule has 4 heteroatoms. The van der Waals surface area contributed by atoms with Crippen molar-refractivity contribution in [2.24, 2.45) is 0 Å². The summed E-state index contributed by atoms with van der Waals surface area (Å²) in [7, 11) is 0. The molecule has 0 N–H and O–H groups in total. The Morgan fingerprint density at radius 1 is 1.38 bits per heavy atom. The summed E-state index contributed by atoms with van der Waals surface area (Å²) in [5.74, 6) is -1.03. The Hall–Kier alpha value is -1.39. The van der Waals surface area contributed by atoms with Crippen molar-refractivity contribution >= 4 is 5.97 Å². The largest absolute Gasteiger partial charge is 0.426 e. The minimum atomic E-state index is -0.703. The molecule has 2 atom stereocenters. The van der Waals surface area contributed by atoms with Crippen molar-refractivity contribution in [1.82, 2.24) is 0 Å². The van der Waals surface area contributed by atoms with E-state index >= 15 is 0 Å². The fraction of sp³-hybridized carbons (Fsp3) is 0.417. The van der Waals surface area contributed by atoms with E-state index in [1.807, 2.05) is 18.2 Å². The summed E-state index contributed by atoms with van der Waals surface area (Å²) in [6.45, 7) is 1.10. The smallest absolute Gasteiger partial charge is 0.340 e.